The molecule has 1 aliphatic rings. The highest BCUT2D eigenvalue weighted by atomic mass is 16.4. The van der Waals surface area contributed by atoms with E-state index in [1.807, 2.05) is 5.01 Å². The van der Waals surface area contributed by atoms with Crippen LogP contribution in [0.2, 0.25) is 0 Å². The molecular formula is C14H27N3O3. The van der Waals surface area contributed by atoms with Crippen molar-refractivity contribution in [2.45, 2.75) is 65.0 Å². The van der Waals surface area contributed by atoms with Gasteiger partial charge in [-0.2, -0.15) is 0 Å². The predicted octanol–water partition coefficient (Wildman–Crippen LogP) is 1.96. The number of carbonyl (C=O) groups excluding carboxylic acids is 1. The maximum atomic E-state index is 11.8. The molecule has 6 heteroatoms. The average Bonchev–Trinajstić information content (AvgIpc) is 2.38. The summed E-state index contributed by atoms with van der Waals surface area (Å²) in [5.74, 6) is -1.15. The van der Waals surface area contributed by atoms with Crippen LogP contribution in [0.15, 0.2) is 0 Å². The summed E-state index contributed by atoms with van der Waals surface area (Å²) >= 11 is 0. The van der Waals surface area contributed by atoms with Crippen molar-refractivity contribution in [2.24, 2.45) is 5.92 Å². The maximum Gasteiger partial charge on any atom is 0.329 e. The van der Waals surface area contributed by atoms with Gasteiger partial charge < -0.3 is 10.4 Å². The molecule has 3 N–H and O–H groups in total. The van der Waals surface area contributed by atoms with Crippen molar-refractivity contribution >= 4 is 12.0 Å². The first-order valence-electron chi connectivity index (χ1n) is 7.47. The lowest BCUT2D eigenvalue weighted by Crippen LogP contribution is -2.56. The van der Waals surface area contributed by atoms with Gasteiger partial charge in [0.2, 0.25) is 0 Å². The number of carboxylic acids is 1. The van der Waals surface area contributed by atoms with Gasteiger partial charge in [0, 0.05) is 18.6 Å². The molecule has 0 aromatic heterocycles. The van der Waals surface area contributed by atoms with Gasteiger partial charge in [0.05, 0.1) is 5.92 Å². The molecule has 3 unspecified atom stereocenters. The van der Waals surface area contributed by atoms with E-state index < -0.39 is 5.97 Å². The SMILES string of the molecule is CC(CCCNC(=O)NN1C(C)CCCC1C)C(=O)O. The summed E-state index contributed by atoms with van der Waals surface area (Å²) in [5, 5.41) is 13.6. The van der Waals surface area contributed by atoms with Gasteiger partial charge in [0.15, 0.2) is 0 Å². The number of hydrazine groups is 1. The third-order valence-corrected chi connectivity index (χ3v) is 3.95. The Morgan fingerprint density at radius 2 is 1.90 bits per heavy atom. The average molecular weight is 285 g/mol. The van der Waals surface area contributed by atoms with E-state index in [-0.39, 0.29) is 11.9 Å². The fraction of sp³-hybridized carbons (Fsp3) is 0.857. The van der Waals surface area contributed by atoms with E-state index in [9.17, 15) is 9.59 Å². The van der Waals surface area contributed by atoms with Crippen LogP contribution < -0.4 is 10.7 Å². The second-order valence-corrected chi connectivity index (χ2v) is 5.79. The van der Waals surface area contributed by atoms with E-state index >= 15 is 0 Å². The molecule has 0 bridgehead atoms. The summed E-state index contributed by atoms with van der Waals surface area (Å²) in [6.45, 7) is 6.41. The zero-order valence-corrected chi connectivity index (χ0v) is 12.7. The molecule has 3 atom stereocenters. The Bertz CT molecular complexity index is 326. The number of carboxylic acid groups (broad SMARTS) is 1. The van der Waals surface area contributed by atoms with Crippen LogP contribution in [-0.4, -0.2) is 40.7 Å². The molecule has 0 aromatic carbocycles. The van der Waals surface area contributed by atoms with Crippen LogP contribution in [0.5, 0.6) is 0 Å². The lowest BCUT2D eigenvalue weighted by molar-refractivity contribution is -0.141. The van der Waals surface area contributed by atoms with E-state index in [4.69, 9.17) is 5.11 Å². The molecule has 2 amide bonds. The number of nitrogens with one attached hydrogen (secondary N) is 2. The first-order chi connectivity index (χ1) is 9.41. The smallest absolute Gasteiger partial charge is 0.329 e. The van der Waals surface area contributed by atoms with Crippen LogP contribution in [0.25, 0.3) is 0 Å². The van der Waals surface area contributed by atoms with Crippen LogP contribution in [0.4, 0.5) is 4.79 Å². The van der Waals surface area contributed by atoms with E-state index in [0.29, 0.717) is 31.5 Å². The van der Waals surface area contributed by atoms with Crippen LogP contribution >= 0.6 is 0 Å². The first-order valence-corrected chi connectivity index (χ1v) is 7.47. The predicted molar refractivity (Wildman–Crippen MR) is 77.2 cm³/mol. The van der Waals surface area contributed by atoms with E-state index in [0.717, 1.165) is 12.8 Å². The van der Waals surface area contributed by atoms with Crippen LogP contribution in [0.1, 0.15) is 52.9 Å². The topological polar surface area (TPSA) is 81.7 Å². The minimum atomic E-state index is -0.787. The van der Waals surface area contributed by atoms with Crippen molar-refractivity contribution in [3.63, 3.8) is 0 Å². The second kappa shape index (κ2) is 8.09. The minimum Gasteiger partial charge on any atom is -0.481 e. The molecule has 0 spiro atoms. The maximum absolute atomic E-state index is 11.8. The highest BCUT2D eigenvalue weighted by Gasteiger charge is 2.25. The molecular weight excluding hydrogens is 258 g/mol. The molecule has 1 aliphatic heterocycles. The number of nitrogens with zero attached hydrogens (tertiary/aromatic N) is 1. The quantitative estimate of drug-likeness (QED) is 0.652. The van der Waals surface area contributed by atoms with Crippen molar-refractivity contribution in [1.29, 1.82) is 0 Å². The molecule has 0 aliphatic carbocycles. The fourth-order valence-corrected chi connectivity index (χ4v) is 2.53. The summed E-state index contributed by atoms with van der Waals surface area (Å²) in [4.78, 5) is 22.5. The Hall–Kier alpha value is -1.30. The highest BCUT2D eigenvalue weighted by molar-refractivity contribution is 5.73. The Balaban J connectivity index is 2.21. The first kappa shape index (κ1) is 16.8. The Kier molecular flexibility index (Phi) is 6.78. The van der Waals surface area contributed by atoms with Gasteiger partial charge in [-0.05, 0) is 39.5 Å². The van der Waals surface area contributed by atoms with E-state index in [1.165, 1.54) is 6.42 Å². The van der Waals surface area contributed by atoms with Gasteiger partial charge in [-0.15, -0.1) is 0 Å². The van der Waals surface area contributed by atoms with Crippen molar-refractivity contribution < 1.29 is 14.7 Å². The summed E-state index contributed by atoms with van der Waals surface area (Å²) in [7, 11) is 0. The Labute approximate surface area is 120 Å². The summed E-state index contributed by atoms with van der Waals surface area (Å²) < 4.78 is 0. The molecule has 1 saturated heterocycles. The van der Waals surface area contributed by atoms with Gasteiger partial charge in [-0.3, -0.25) is 10.2 Å². The highest BCUT2D eigenvalue weighted by Crippen LogP contribution is 2.19. The minimum absolute atomic E-state index is 0.200. The van der Waals surface area contributed by atoms with Crippen LogP contribution in [0, 0.1) is 5.92 Å². The third-order valence-electron chi connectivity index (χ3n) is 3.95. The van der Waals surface area contributed by atoms with Gasteiger partial charge >= 0.3 is 12.0 Å². The lowest BCUT2D eigenvalue weighted by atomic mass is 10.00. The third kappa shape index (κ3) is 5.36. The number of amides is 2. The van der Waals surface area contributed by atoms with Crippen molar-refractivity contribution in [3.05, 3.63) is 0 Å². The number of carbonyl (C=O) groups is 2. The summed E-state index contributed by atoms with van der Waals surface area (Å²) in [6, 6.07) is 0.515. The molecule has 1 fully saturated rings. The van der Waals surface area contributed by atoms with Crippen LogP contribution in [-0.2, 0) is 4.79 Å². The number of hydrogen-bond donors (Lipinski definition) is 3. The molecule has 0 saturated carbocycles. The molecule has 20 heavy (non-hydrogen) atoms. The lowest BCUT2D eigenvalue weighted by Gasteiger charge is -2.38. The molecule has 0 radical (unpaired) electrons. The number of piperidine rings is 1. The van der Waals surface area contributed by atoms with Gasteiger partial charge in [-0.25, -0.2) is 9.80 Å². The summed E-state index contributed by atoms with van der Waals surface area (Å²) in [5.41, 5.74) is 2.90. The molecule has 116 valence electrons. The monoisotopic (exact) mass is 285 g/mol. The number of rotatable bonds is 6. The number of hydrogen-bond acceptors (Lipinski definition) is 3. The summed E-state index contributed by atoms with van der Waals surface area (Å²) in [6.07, 6.45) is 4.65. The molecule has 6 nitrogen and oxygen atoms in total. The van der Waals surface area contributed by atoms with Crippen molar-refractivity contribution in [3.8, 4) is 0 Å². The number of aliphatic carboxylic acids is 1. The Morgan fingerprint density at radius 3 is 2.45 bits per heavy atom. The largest absolute Gasteiger partial charge is 0.481 e. The van der Waals surface area contributed by atoms with Gasteiger partial charge in [0.25, 0.3) is 0 Å². The van der Waals surface area contributed by atoms with E-state index in [1.54, 1.807) is 6.92 Å². The fourth-order valence-electron chi connectivity index (χ4n) is 2.53. The standard InChI is InChI=1S/C14H27N3O3/c1-10(13(18)19)6-5-9-15-14(20)16-17-11(2)7-4-8-12(17)3/h10-12H,4-9H2,1-3H3,(H,18,19)(H2,15,16,20). The second-order valence-electron chi connectivity index (χ2n) is 5.79. The van der Waals surface area contributed by atoms with Gasteiger partial charge in [0.1, 0.15) is 0 Å². The zero-order valence-electron chi connectivity index (χ0n) is 12.7. The van der Waals surface area contributed by atoms with Gasteiger partial charge in [-0.1, -0.05) is 13.3 Å². The molecule has 1 rings (SSSR count). The molecule has 1 heterocycles. The van der Waals surface area contributed by atoms with Crippen molar-refractivity contribution in [1.82, 2.24) is 15.8 Å². The zero-order chi connectivity index (χ0) is 15.1. The number of urea groups is 1. The van der Waals surface area contributed by atoms with Crippen LogP contribution in [0.3, 0.4) is 0 Å². The van der Waals surface area contributed by atoms with Crippen molar-refractivity contribution in [2.75, 3.05) is 6.54 Å². The molecule has 0 aromatic rings. The normalized spacial score (nSPS) is 24.9. The van der Waals surface area contributed by atoms with E-state index in [2.05, 4.69) is 24.6 Å². The Morgan fingerprint density at radius 1 is 1.30 bits per heavy atom.